The Morgan fingerprint density at radius 3 is 2.11 bits per heavy atom. The van der Waals surface area contributed by atoms with Gasteiger partial charge in [0, 0.05) is 37.8 Å². The van der Waals surface area contributed by atoms with Gasteiger partial charge in [0.05, 0.1) is 0 Å². The summed E-state index contributed by atoms with van der Waals surface area (Å²) in [6.45, 7) is 7.96. The van der Waals surface area contributed by atoms with Crippen LogP contribution in [0.5, 0.6) is 0 Å². The molecule has 1 saturated heterocycles. The molecule has 1 heterocycles. The molecule has 102 valence electrons. The van der Waals surface area contributed by atoms with Gasteiger partial charge >= 0.3 is 0 Å². The van der Waals surface area contributed by atoms with Gasteiger partial charge in [-0.2, -0.15) is 0 Å². The molecule has 2 fully saturated rings. The molecule has 3 nitrogen and oxygen atoms in total. The lowest BCUT2D eigenvalue weighted by atomic mass is 10.1. The highest BCUT2D eigenvalue weighted by Crippen LogP contribution is 2.31. The second-order valence-electron chi connectivity index (χ2n) is 5.93. The number of benzene rings is 1. The van der Waals surface area contributed by atoms with Crippen LogP contribution in [0.4, 0.5) is 5.69 Å². The van der Waals surface area contributed by atoms with Gasteiger partial charge in [-0.15, -0.1) is 0 Å². The fraction of sp³-hybridized carbons (Fsp3) is 0.562. The van der Waals surface area contributed by atoms with Crippen molar-refractivity contribution in [2.75, 3.05) is 31.1 Å². The zero-order valence-electron chi connectivity index (χ0n) is 11.9. The molecule has 1 aromatic carbocycles. The fourth-order valence-electron chi connectivity index (χ4n) is 2.91. The molecule has 0 unspecified atom stereocenters. The molecule has 3 heteroatoms. The van der Waals surface area contributed by atoms with Crippen LogP contribution in [0.25, 0.3) is 0 Å². The maximum atomic E-state index is 12.0. The Bertz CT molecular complexity index is 465. The van der Waals surface area contributed by atoms with Crippen LogP contribution < -0.4 is 4.90 Å². The van der Waals surface area contributed by atoms with E-state index < -0.39 is 0 Å². The average molecular weight is 258 g/mol. The zero-order valence-corrected chi connectivity index (χ0v) is 11.9. The molecule has 19 heavy (non-hydrogen) atoms. The normalized spacial score (nSPS) is 19.7. The highest BCUT2D eigenvalue weighted by molar-refractivity contribution is 5.81. The second kappa shape index (κ2) is 4.87. The highest BCUT2D eigenvalue weighted by Gasteiger charge is 2.34. The Kier molecular flexibility index (Phi) is 3.21. The number of hydrogen-bond donors (Lipinski definition) is 0. The first-order valence-corrected chi connectivity index (χ1v) is 7.25. The van der Waals surface area contributed by atoms with E-state index in [1.54, 1.807) is 0 Å². The topological polar surface area (TPSA) is 23.6 Å². The van der Waals surface area contributed by atoms with E-state index in [1.165, 1.54) is 16.8 Å². The summed E-state index contributed by atoms with van der Waals surface area (Å²) in [7, 11) is 0. The largest absolute Gasteiger partial charge is 0.368 e. The first kappa shape index (κ1) is 12.5. The Morgan fingerprint density at radius 1 is 1.00 bits per heavy atom. The summed E-state index contributed by atoms with van der Waals surface area (Å²) in [5, 5.41) is 0. The number of carbonyl (C=O) groups is 1. The van der Waals surface area contributed by atoms with Crippen molar-refractivity contribution in [1.82, 2.24) is 4.90 Å². The van der Waals surface area contributed by atoms with Gasteiger partial charge in [0.1, 0.15) is 0 Å². The van der Waals surface area contributed by atoms with Crippen LogP contribution in [0.2, 0.25) is 0 Å². The van der Waals surface area contributed by atoms with Crippen molar-refractivity contribution in [1.29, 1.82) is 0 Å². The maximum absolute atomic E-state index is 12.0. The van der Waals surface area contributed by atoms with Crippen LogP contribution >= 0.6 is 0 Å². The first-order valence-electron chi connectivity index (χ1n) is 7.25. The van der Waals surface area contributed by atoms with Crippen LogP contribution in [0.1, 0.15) is 24.0 Å². The van der Waals surface area contributed by atoms with E-state index in [-0.39, 0.29) is 0 Å². The molecule has 1 aliphatic carbocycles. The van der Waals surface area contributed by atoms with Crippen molar-refractivity contribution in [3.63, 3.8) is 0 Å². The number of anilines is 1. The Labute approximate surface area is 115 Å². The summed E-state index contributed by atoms with van der Waals surface area (Å²) >= 11 is 0. The van der Waals surface area contributed by atoms with Crippen LogP contribution in [-0.2, 0) is 4.79 Å². The van der Waals surface area contributed by atoms with E-state index in [9.17, 15) is 4.79 Å². The highest BCUT2D eigenvalue weighted by atomic mass is 16.2. The van der Waals surface area contributed by atoms with Crippen LogP contribution in [0.3, 0.4) is 0 Å². The molecular weight excluding hydrogens is 236 g/mol. The summed E-state index contributed by atoms with van der Waals surface area (Å²) in [5.41, 5.74) is 3.92. The molecule has 0 N–H and O–H groups in total. The zero-order chi connectivity index (χ0) is 13.4. The Balaban J connectivity index is 1.64. The van der Waals surface area contributed by atoms with Crippen molar-refractivity contribution in [3.05, 3.63) is 29.3 Å². The van der Waals surface area contributed by atoms with Gasteiger partial charge in [0.2, 0.25) is 5.91 Å². The summed E-state index contributed by atoms with van der Waals surface area (Å²) in [5.74, 6) is 0.743. The quantitative estimate of drug-likeness (QED) is 0.813. The number of carbonyl (C=O) groups excluding carboxylic acids is 1. The number of piperazine rings is 1. The molecule has 3 rings (SSSR count). The summed E-state index contributed by atoms with van der Waals surface area (Å²) in [4.78, 5) is 16.5. The van der Waals surface area contributed by atoms with E-state index in [0.29, 0.717) is 11.8 Å². The summed E-state index contributed by atoms with van der Waals surface area (Å²) < 4.78 is 0. The third kappa shape index (κ3) is 2.75. The third-order valence-corrected chi connectivity index (χ3v) is 4.09. The maximum Gasteiger partial charge on any atom is 0.225 e. The molecular formula is C16H22N2O. The number of amides is 1. The molecule has 1 aliphatic heterocycles. The molecule has 0 spiro atoms. The summed E-state index contributed by atoms with van der Waals surface area (Å²) in [6, 6.07) is 6.69. The van der Waals surface area contributed by atoms with E-state index >= 15 is 0 Å². The number of aryl methyl sites for hydroxylation is 2. The van der Waals surface area contributed by atoms with Gasteiger partial charge in [0.25, 0.3) is 0 Å². The van der Waals surface area contributed by atoms with Crippen LogP contribution in [0, 0.1) is 19.8 Å². The van der Waals surface area contributed by atoms with Crippen molar-refractivity contribution in [2.45, 2.75) is 26.7 Å². The predicted octanol–water partition coefficient (Wildman–Crippen LogP) is 2.36. The SMILES string of the molecule is Cc1cc(C)cc(N2CCN(C(=O)C3CC3)CC2)c1. The minimum absolute atomic E-state index is 0.354. The minimum atomic E-state index is 0.354. The third-order valence-electron chi connectivity index (χ3n) is 4.09. The van der Waals surface area contributed by atoms with Gasteiger partial charge in [-0.25, -0.2) is 0 Å². The first-order chi connectivity index (χ1) is 9.13. The van der Waals surface area contributed by atoms with Crippen LogP contribution in [-0.4, -0.2) is 37.0 Å². The second-order valence-corrected chi connectivity index (χ2v) is 5.93. The van der Waals surface area contributed by atoms with Crippen molar-refractivity contribution in [2.24, 2.45) is 5.92 Å². The number of hydrogen-bond acceptors (Lipinski definition) is 2. The summed E-state index contributed by atoms with van der Waals surface area (Å²) in [6.07, 6.45) is 2.21. The van der Waals surface area contributed by atoms with E-state index in [1.807, 2.05) is 0 Å². The molecule has 0 aromatic heterocycles. The molecule has 2 aliphatic rings. The standard InChI is InChI=1S/C16H22N2O/c1-12-9-13(2)11-15(10-12)17-5-7-18(8-6-17)16(19)14-3-4-14/h9-11,14H,3-8H2,1-2H3. The predicted molar refractivity (Wildman–Crippen MR) is 77.4 cm³/mol. The fourth-order valence-corrected chi connectivity index (χ4v) is 2.91. The lowest BCUT2D eigenvalue weighted by molar-refractivity contribution is -0.132. The average Bonchev–Trinajstić information content (AvgIpc) is 3.21. The lowest BCUT2D eigenvalue weighted by Gasteiger charge is -2.36. The van der Waals surface area contributed by atoms with Crippen LogP contribution in [0.15, 0.2) is 18.2 Å². The Morgan fingerprint density at radius 2 is 1.58 bits per heavy atom. The molecule has 0 radical (unpaired) electrons. The van der Waals surface area contributed by atoms with Gasteiger partial charge in [-0.05, 0) is 49.9 Å². The van der Waals surface area contributed by atoms with E-state index in [0.717, 1.165) is 39.0 Å². The molecule has 1 aromatic rings. The Hall–Kier alpha value is -1.51. The van der Waals surface area contributed by atoms with Gasteiger partial charge in [0.15, 0.2) is 0 Å². The van der Waals surface area contributed by atoms with Crippen molar-refractivity contribution < 1.29 is 4.79 Å². The monoisotopic (exact) mass is 258 g/mol. The van der Waals surface area contributed by atoms with Gasteiger partial charge in [-0.3, -0.25) is 4.79 Å². The number of nitrogens with zero attached hydrogens (tertiary/aromatic N) is 2. The molecule has 1 saturated carbocycles. The van der Waals surface area contributed by atoms with Crippen molar-refractivity contribution >= 4 is 11.6 Å². The van der Waals surface area contributed by atoms with E-state index in [4.69, 9.17) is 0 Å². The van der Waals surface area contributed by atoms with Gasteiger partial charge < -0.3 is 9.80 Å². The number of rotatable bonds is 2. The smallest absolute Gasteiger partial charge is 0.225 e. The van der Waals surface area contributed by atoms with Gasteiger partial charge in [-0.1, -0.05) is 6.07 Å². The lowest BCUT2D eigenvalue weighted by Crippen LogP contribution is -2.49. The minimum Gasteiger partial charge on any atom is -0.368 e. The molecule has 0 bridgehead atoms. The van der Waals surface area contributed by atoms with E-state index in [2.05, 4.69) is 41.8 Å². The van der Waals surface area contributed by atoms with Crippen molar-refractivity contribution in [3.8, 4) is 0 Å². The molecule has 1 amide bonds. The molecule has 0 atom stereocenters.